The van der Waals surface area contributed by atoms with Crippen LogP contribution >= 0.6 is 24.1 Å². The molecular weight excluding hydrogens is 1140 g/mol. The molecule has 0 bridgehead atoms. The second kappa shape index (κ2) is 29.3. The van der Waals surface area contributed by atoms with Crippen molar-refractivity contribution >= 4 is 60.9 Å². The lowest BCUT2D eigenvalue weighted by Gasteiger charge is -2.36. The van der Waals surface area contributed by atoms with Gasteiger partial charge in [0.05, 0.1) is 98.6 Å². The maximum absolute atomic E-state index is 6.02. The average molecular weight is 1220 g/mol. The van der Waals surface area contributed by atoms with Gasteiger partial charge in [0.15, 0.2) is 11.8 Å². The van der Waals surface area contributed by atoms with Gasteiger partial charge >= 0.3 is 0 Å². The van der Waals surface area contributed by atoms with E-state index in [4.69, 9.17) is 38.1 Å². The van der Waals surface area contributed by atoms with E-state index in [-0.39, 0.29) is 0 Å². The Morgan fingerprint density at radius 1 is 0.563 bits per heavy atom. The summed E-state index contributed by atoms with van der Waals surface area (Å²) in [7, 11) is -0.454. The van der Waals surface area contributed by atoms with Crippen LogP contribution in [0.15, 0.2) is 223 Å². The van der Waals surface area contributed by atoms with Gasteiger partial charge in [0.2, 0.25) is 0 Å². The maximum Gasteiger partial charge on any atom is 0.179 e. The topological polar surface area (TPSA) is 139 Å². The summed E-state index contributed by atoms with van der Waals surface area (Å²) in [6, 6.07) is 55.7. The van der Waals surface area contributed by atoms with Gasteiger partial charge in [0, 0.05) is 84.8 Å². The van der Waals surface area contributed by atoms with Gasteiger partial charge in [-0.05, 0) is 64.7 Å². The fourth-order valence-corrected chi connectivity index (χ4v) is 17.9. The third-order valence-corrected chi connectivity index (χ3v) is 21.9. The molecule has 87 heavy (non-hydrogen) atoms. The molecule has 0 radical (unpaired) electrons. The quantitative estimate of drug-likeness (QED) is 0.0270. The third-order valence-electron chi connectivity index (χ3n) is 16.1. The molecule has 0 spiro atoms. The molecule has 1 unspecified atom stereocenters. The van der Waals surface area contributed by atoms with Crippen molar-refractivity contribution in [1.29, 1.82) is 0 Å². The summed E-state index contributed by atoms with van der Waals surface area (Å²) in [5, 5.41) is 13.0. The number of aromatic amines is 1. The molecule has 15 nitrogen and oxygen atoms in total. The van der Waals surface area contributed by atoms with Crippen molar-refractivity contribution in [2.45, 2.75) is 79.6 Å². The zero-order chi connectivity index (χ0) is 60.0. The van der Waals surface area contributed by atoms with E-state index in [0.717, 1.165) is 145 Å². The number of hydrogen-bond acceptors (Lipinski definition) is 14. The number of anilines is 2. The minimum Gasteiger partial charge on any atom is -0.378 e. The number of fused-ring (bicyclic) bond motifs is 2. The second-order valence-corrected chi connectivity index (χ2v) is 29.3. The lowest BCUT2D eigenvalue weighted by molar-refractivity contribution is -0.219. The summed E-state index contributed by atoms with van der Waals surface area (Å²) in [4.78, 5) is 27.6. The predicted molar refractivity (Wildman–Crippen MR) is 351 cm³/mol. The Morgan fingerprint density at radius 2 is 1.07 bits per heavy atom. The Bertz CT molecular complexity index is 3640. The lowest BCUT2D eigenvalue weighted by Crippen LogP contribution is -2.38. The van der Waals surface area contributed by atoms with Crippen LogP contribution in [0.4, 0.5) is 11.4 Å². The summed E-state index contributed by atoms with van der Waals surface area (Å²) in [5.41, 5.74) is 14.0. The standard InChI is InChI=1S/C40H34N4O3S.C20H19N5O3S.C9H22Si/c1-5-13-31(14-6-1)40(32-15-7-2-8-16-32,33-17-9-3-10-18-33)44-29-30(27-42-44)36-26-38(46-47-48-35-19-11-4-12-20-35)39-37(36)25-34(28-41-39)43-21-23-45-24-22-43;1-2-4-17(5-3-1)29-28-27-25-14-19(15-11-22-23-12-15)18-10-16(13-21-20(18)25)24-6-8-26-9-7-24;1-7(2)10(8(3)4)9(5)6/h1-20,25-29,38H,21-24H2;1-5,10-14H,6-9H2,(H,22,23);7-10H,1-6H3. The highest BCUT2D eigenvalue weighted by molar-refractivity contribution is 7.94. The van der Waals surface area contributed by atoms with Gasteiger partial charge in [0.1, 0.15) is 5.54 Å². The van der Waals surface area contributed by atoms with E-state index >= 15 is 0 Å². The van der Waals surface area contributed by atoms with E-state index in [1.54, 1.807) is 6.20 Å². The van der Waals surface area contributed by atoms with Crippen LogP contribution in [-0.4, -0.2) is 96.1 Å². The van der Waals surface area contributed by atoms with Gasteiger partial charge in [-0.15, -0.1) is 4.73 Å². The first kappa shape index (κ1) is 60.9. The second-order valence-electron chi connectivity index (χ2n) is 22.6. The number of hydrogen-bond donors (Lipinski definition) is 1. The highest BCUT2D eigenvalue weighted by atomic mass is 32.2. The first-order chi connectivity index (χ1) is 42.6. The van der Waals surface area contributed by atoms with Crippen molar-refractivity contribution in [3.63, 3.8) is 0 Å². The molecule has 0 saturated carbocycles. The van der Waals surface area contributed by atoms with Crippen LogP contribution in [0.25, 0.3) is 27.7 Å². The van der Waals surface area contributed by atoms with Crippen LogP contribution in [0.2, 0.25) is 16.6 Å². The minimum absolute atomic E-state index is 0.454. The molecule has 10 aromatic rings. The van der Waals surface area contributed by atoms with Gasteiger partial charge in [-0.3, -0.25) is 14.8 Å². The molecule has 2 fully saturated rings. The van der Waals surface area contributed by atoms with E-state index in [2.05, 4.69) is 187 Å². The van der Waals surface area contributed by atoms with E-state index in [1.807, 2.05) is 91.6 Å². The average Bonchev–Trinajstić information content (AvgIpc) is 1.84. The van der Waals surface area contributed by atoms with Gasteiger partial charge in [-0.2, -0.15) is 14.5 Å². The normalized spacial score (nSPS) is 15.1. The smallest absolute Gasteiger partial charge is 0.179 e. The fraction of sp³-hybridized carbons (Fsp3) is 0.275. The molecule has 5 aromatic heterocycles. The summed E-state index contributed by atoms with van der Waals surface area (Å²) < 4.78 is 25.8. The zero-order valence-electron chi connectivity index (χ0n) is 50.1. The zero-order valence-corrected chi connectivity index (χ0v) is 52.9. The Morgan fingerprint density at radius 3 is 1.57 bits per heavy atom. The van der Waals surface area contributed by atoms with Crippen LogP contribution in [0.5, 0.6) is 0 Å². The number of H-pyrrole nitrogens is 1. The van der Waals surface area contributed by atoms with Crippen molar-refractivity contribution in [1.82, 2.24) is 34.7 Å². The minimum atomic E-state index is -0.719. The van der Waals surface area contributed by atoms with Crippen molar-refractivity contribution in [3.8, 4) is 11.1 Å². The van der Waals surface area contributed by atoms with Gasteiger partial charge in [-0.25, -0.2) is 14.9 Å². The molecular formula is C69H75N9O6S2Si. The summed E-state index contributed by atoms with van der Waals surface area (Å²) in [6.07, 6.45) is 15.0. The Balaban J connectivity index is 0.000000169. The van der Waals surface area contributed by atoms with Crippen LogP contribution in [0.1, 0.15) is 81.2 Å². The third kappa shape index (κ3) is 14.3. The monoisotopic (exact) mass is 1220 g/mol. The summed E-state index contributed by atoms with van der Waals surface area (Å²) in [6.45, 7) is 20.5. The van der Waals surface area contributed by atoms with Crippen molar-refractivity contribution in [2.24, 2.45) is 0 Å². The Hall–Kier alpha value is -7.78. The number of rotatable bonds is 19. The molecule has 3 aliphatic rings. The number of aromatic nitrogens is 7. The molecule has 1 N–H and O–H groups in total. The molecule has 5 aromatic carbocycles. The molecule has 0 amide bonds. The number of pyridine rings is 2. The first-order valence-electron chi connectivity index (χ1n) is 29.9. The molecule has 2 aliphatic heterocycles. The molecule has 1 atom stereocenters. The van der Waals surface area contributed by atoms with E-state index in [1.165, 1.54) is 16.8 Å². The van der Waals surface area contributed by atoms with Gasteiger partial charge < -0.3 is 19.3 Å². The summed E-state index contributed by atoms with van der Waals surface area (Å²) >= 11 is 2.33. The predicted octanol–water partition coefficient (Wildman–Crippen LogP) is 14.9. The number of benzene rings is 5. The molecule has 2 saturated heterocycles. The molecule has 7 heterocycles. The van der Waals surface area contributed by atoms with Gasteiger partial charge in [0.25, 0.3) is 0 Å². The Labute approximate surface area is 520 Å². The van der Waals surface area contributed by atoms with Crippen LogP contribution < -0.4 is 14.8 Å². The molecule has 18 heteroatoms. The Kier molecular flexibility index (Phi) is 20.5. The van der Waals surface area contributed by atoms with Crippen molar-refractivity contribution in [2.75, 3.05) is 62.4 Å². The van der Waals surface area contributed by atoms with Crippen LogP contribution in [-0.2, 0) is 28.6 Å². The van der Waals surface area contributed by atoms with Crippen LogP contribution in [0, 0.1) is 0 Å². The fourth-order valence-electron chi connectivity index (χ4n) is 12.3. The first-order valence-corrected chi connectivity index (χ1v) is 33.4. The number of nitrogens with zero attached hydrogens (tertiary/aromatic N) is 8. The maximum atomic E-state index is 6.02. The molecule has 1 aliphatic carbocycles. The SMILES string of the molecule is C1=C(c2cnn(C(c3ccccc3)(c3ccccc3)c3ccccc3)c2)c2cc(N3CCOCC3)cnc2C1OOSc1ccccc1.CC(C)[SiH](C(C)C)C(C)C.c1ccc(SOOn2cc(-c3cn[nH]c3)c3cc(N4CCOCC4)cnc32)cc1. The van der Waals surface area contributed by atoms with Crippen molar-refractivity contribution < 1.29 is 28.0 Å². The number of morpholine rings is 2. The highest BCUT2D eigenvalue weighted by Gasteiger charge is 2.40. The van der Waals surface area contributed by atoms with Crippen LogP contribution in [0.3, 0.4) is 0 Å². The van der Waals surface area contributed by atoms with E-state index < -0.39 is 20.4 Å². The van der Waals surface area contributed by atoms with Gasteiger partial charge in [-0.1, -0.05) is 190 Å². The molecule has 13 rings (SSSR count). The lowest BCUT2D eigenvalue weighted by atomic mass is 9.77. The largest absolute Gasteiger partial charge is 0.378 e. The summed E-state index contributed by atoms with van der Waals surface area (Å²) in [5.74, 6) is 0. The van der Waals surface area contributed by atoms with E-state index in [0.29, 0.717) is 18.9 Å². The van der Waals surface area contributed by atoms with E-state index in [9.17, 15) is 0 Å². The number of nitrogens with one attached hydrogen (secondary N) is 1. The highest BCUT2D eigenvalue weighted by Crippen LogP contribution is 2.45. The van der Waals surface area contributed by atoms with Crippen molar-refractivity contribution in [3.05, 3.63) is 247 Å². The number of ether oxygens (including phenoxy) is 2. The molecule has 448 valence electrons.